The SMILES string of the molecule is COC(=O)[C@]1(Cc2ccccc2)N[C@H](c2ccc(Cl)cc2)[C@@H]2C(=O)N(Cc3ccccc3)C(=O)[C@H]21. The third kappa shape index (κ3) is 4.03. The lowest BCUT2D eigenvalue weighted by Crippen LogP contribution is -2.57. The summed E-state index contributed by atoms with van der Waals surface area (Å²) in [6, 6.07) is 25.4. The molecule has 178 valence electrons. The summed E-state index contributed by atoms with van der Waals surface area (Å²) in [5, 5.41) is 3.96. The fourth-order valence-corrected chi connectivity index (χ4v) is 5.59. The molecule has 2 heterocycles. The molecule has 6 nitrogen and oxygen atoms in total. The van der Waals surface area contributed by atoms with E-state index in [1.54, 1.807) is 12.1 Å². The molecule has 0 aromatic heterocycles. The molecule has 4 atom stereocenters. The van der Waals surface area contributed by atoms with E-state index in [1.165, 1.54) is 12.0 Å². The first kappa shape index (κ1) is 23.3. The molecule has 2 saturated heterocycles. The van der Waals surface area contributed by atoms with Gasteiger partial charge in [0.2, 0.25) is 11.8 Å². The van der Waals surface area contributed by atoms with Crippen LogP contribution in [0.15, 0.2) is 84.9 Å². The molecule has 2 aliphatic heterocycles. The Morgan fingerprint density at radius 2 is 1.51 bits per heavy atom. The fourth-order valence-electron chi connectivity index (χ4n) is 5.46. The normalized spacial score (nSPS) is 25.5. The van der Waals surface area contributed by atoms with E-state index < -0.39 is 29.4 Å². The van der Waals surface area contributed by atoms with Crippen LogP contribution < -0.4 is 5.32 Å². The molecule has 0 radical (unpaired) electrons. The van der Waals surface area contributed by atoms with Crippen LogP contribution >= 0.6 is 11.6 Å². The molecule has 0 saturated carbocycles. The number of amides is 2. The summed E-state index contributed by atoms with van der Waals surface area (Å²) in [6.07, 6.45) is 0.212. The summed E-state index contributed by atoms with van der Waals surface area (Å²) < 4.78 is 5.25. The molecule has 3 aromatic rings. The number of imide groups is 1. The van der Waals surface area contributed by atoms with Crippen molar-refractivity contribution in [2.24, 2.45) is 11.8 Å². The van der Waals surface area contributed by atoms with E-state index in [2.05, 4.69) is 5.32 Å². The van der Waals surface area contributed by atoms with Gasteiger partial charge in [-0.1, -0.05) is 84.4 Å². The van der Waals surface area contributed by atoms with Crippen molar-refractivity contribution in [3.63, 3.8) is 0 Å². The average Bonchev–Trinajstić information content (AvgIpc) is 3.35. The van der Waals surface area contributed by atoms with Crippen molar-refractivity contribution in [1.82, 2.24) is 10.2 Å². The number of carbonyl (C=O) groups is 3. The van der Waals surface area contributed by atoms with Crippen molar-refractivity contribution >= 4 is 29.4 Å². The van der Waals surface area contributed by atoms with Crippen LogP contribution in [0.3, 0.4) is 0 Å². The zero-order chi connectivity index (χ0) is 24.6. The Balaban J connectivity index is 1.62. The minimum atomic E-state index is -1.40. The molecule has 2 amide bonds. The number of halogens is 1. The Morgan fingerprint density at radius 3 is 2.11 bits per heavy atom. The van der Waals surface area contributed by atoms with E-state index in [-0.39, 0.29) is 24.8 Å². The highest BCUT2D eigenvalue weighted by molar-refractivity contribution is 6.30. The van der Waals surface area contributed by atoms with Crippen molar-refractivity contribution in [2.75, 3.05) is 7.11 Å². The fraction of sp³-hybridized carbons (Fsp3) is 0.250. The molecule has 1 N–H and O–H groups in total. The zero-order valence-corrected chi connectivity index (χ0v) is 19.9. The van der Waals surface area contributed by atoms with Gasteiger partial charge in [-0.25, -0.2) is 0 Å². The zero-order valence-electron chi connectivity index (χ0n) is 19.2. The van der Waals surface area contributed by atoms with E-state index in [0.29, 0.717) is 5.02 Å². The van der Waals surface area contributed by atoms with Crippen LogP contribution in [0.1, 0.15) is 22.7 Å². The Morgan fingerprint density at radius 1 is 0.914 bits per heavy atom. The number of benzene rings is 3. The van der Waals surface area contributed by atoms with E-state index in [4.69, 9.17) is 16.3 Å². The van der Waals surface area contributed by atoms with Gasteiger partial charge in [0.25, 0.3) is 0 Å². The highest BCUT2D eigenvalue weighted by Gasteiger charge is 2.68. The number of hydrogen-bond acceptors (Lipinski definition) is 5. The number of ether oxygens (including phenoxy) is 1. The minimum absolute atomic E-state index is 0.154. The molecule has 0 aliphatic carbocycles. The van der Waals surface area contributed by atoms with Crippen LogP contribution in [0.5, 0.6) is 0 Å². The van der Waals surface area contributed by atoms with Crippen molar-refractivity contribution in [3.05, 3.63) is 107 Å². The lowest BCUT2D eigenvalue weighted by molar-refractivity contribution is -0.154. The number of rotatable bonds is 6. The summed E-state index contributed by atoms with van der Waals surface area (Å²) in [5.74, 6) is -2.89. The van der Waals surface area contributed by atoms with Crippen LogP contribution in [-0.2, 0) is 32.1 Å². The molecule has 35 heavy (non-hydrogen) atoms. The summed E-state index contributed by atoms with van der Waals surface area (Å²) in [7, 11) is 1.31. The van der Waals surface area contributed by atoms with Gasteiger partial charge in [0.15, 0.2) is 0 Å². The Kier molecular flexibility index (Phi) is 6.17. The van der Waals surface area contributed by atoms with Crippen LogP contribution in [0.25, 0.3) is 0 Å². The molecule has 7 heteroatoms. The van der Waals surface area contributed by atoms with E-state index in [1.807, 2.05) is 72.8 Å². The van der Waals surface area contributed by atoms with Crippen molar-refractivity contribution in [2.45, 2.75) is 24.5 Å². The topological polar surface area (TPSA) is 75.7 Å². The summed E-state index contributed by atoms with van der Waals surface area (Å²) >= 11 is 6.11. The van der Waals surface area contributed by atoms with Gasteiger partial charge in [0.05, 0.1) is 25.5 Å². The van der Waals surface area contributed by atoms with Crippen LogP contribution in [0.2, 0.25) is 5.02 Å². The maximum Gasteiger partial charge on any atom is 0.327 e. The molecule has 2 aliphatic rings. The number of methoxy groups -OCH3 is 1. The molecule has 0 bridgehead atoms. The largest absolute Gasteiger partial charge is 0.468 e. The molecular formula is C28H25ClN2O4. The molecule has 0 unspecified atom stereocenters. The van der Waals surface area contributed by atoms with E-state index in [0.717, 1.165) is 16.7 Å². The van der Waals surface area contributed by atoms with Crippen molar-refractivity contribution in [3.8, 4) is 0 Å². The van der Waals surface area contributed by atoms with Crippen LogP contribution in [0.4, 0.5) is 0 Å². The molecular weight excluding hydrogens is 464 g/mol. The number of nitrogens with zero attached hydrogens (tertiary/aromatic N) is 1. The van der Waals surface area contributed by atoms with Crippen LogP contribution in [-0.4, -0.2) is 35.3 Å². The highest BCUT2D eigenvalue weighted by atomic mass is 35.5. The Hall–Kier alpha value is -3.48. The third-order valence-corrected chi connectivity index (χ3v) is 7.29. The highest BCUT2D eigenvalue weighted by Crippen LogP contribution is 2.50. The summed E-state index contributed by atoms with van der Waals surface area (Å²) in [4.78, 5) is 42.4. The number of fused-ring (bicyclic) bond motifs is 1. The van der Waals surface area contributed by atoms with Gasteiger partial charge < -0.3 is 4.74 Å². The minimum Gasteiger partial charge on any atom is -0.468 e. The second-order valence-corrected chi connectivity index (χ2v) is 9.49. The monoisotopic (exact) mass is 488 g/mol. The first-order valence-electron chi connectivity index (χ1n) is 11.5. The third-order valence-electron chi connectivity index (χ3n) is 7.03. The lowest BCUT2D eigenvalue weighted by atomic mass is 9.76. The second kappa shape index (κ2) is 9.29. The molecule has 2 fully saturated rings. The molecule has 0 spiro atoms. The number of nitrogens with one attached hydrogen (secondary N) is 1. The van der Waals surface area contributed by atoms with Crippen LogP contribution in [0, 0.1) is 11.8 Å². The number of esters is 1. The van der Waals surface area contributed by atoms with Gasteiger partial charge in [0.1, 0.15) is 5.54 Å². The van der Waals surface area contributed by atoms with Gasteiger partial charge >= 0.3 is 5.97 Å². The van der Waals surface area contributed by atoms with Crippen molar-refractivity contribution < 1.29 is 19.1 Å². The standard InChI is InChI=1S/C28H25ClN2O4/c1-35-27(34)28(16-18-8-4-2-5-9-18)23-22(24(30-28)20-12-14-21(29)15-13-20)25(32)31(26(23)33)17-19-10-6-3-7-11-19/h2-15,22-24,30H,16-17H2,1H3/t22-,23+,24-,28-/m1/s1. The number of hydrogen-bond donors (Lipinski definition) is 1. The average molecular weight is 489 g/mol. The van der Waals surface area contributed by atoms with E-state index in [9.17, 15) is 14.4 Å². The quantitative estimate of drug-likeness (QED) is 0.420. The van der Waals surface area contributed by atoms with Crippen molar-refractivity contribution in [1.29, 1.82) is 0 Å². The number of likely N-dealkylation sites (tertiary alicyclic amines) is 1. The first-order chi connectivity index (χ1) is 16.9. The van der Waals surface area contributed by atoms with E-state index >= 15 is 0 Å². The first-order valence-corrected chi connectivity index (χ1v) is 11.9. The maximum atomic E-state index is 13.9. The Labute approximate surface area is 208 Å². The van der Waals surface area contributed by atoms with Gasteiger partial charge in [-0.05, 0) is 28.8 Å². The summed E-state index contributed by atoms with van der Waals surface area (Å²) in [6.45, 7) is 0.154. The predicted octanol–water partition coefficient (Wildman–Crippen LogP) is 3.94. The maximum absolute atomic E-state index is 13.9. The Bertz CT molecular complexity index is 1250. The lowest BCUT2D eigenvalue weighted by Gasteiger charge is -2.32. The smallest absolute Gasteiger partial charge is 0.327 e. The van der Waals surface area contributed by atoms with Gasteiger partial charge in [-0.3, -0.25) is 24.6 Å². The second-order valence-electron chi connectivity index (χ2n) is 9.05. The molecule has 5 rings (SSSR count). The van der Waals surface area contributed by atoms with Gasteiger partial charge in [-0.15, -0.1) is 0 Å². The number of carbonyl (C=O) groups excluding carboxylic acids is 3. The predicted molar refractivity (Wildman–Crippen MR) is 131 cm³/mol. The van der Waals surface area contributed by atoms with Gasteiger partial charge in [0, 0.05) is 17.5 Å². The summed E-state index contributed by atoms with van der Waals surface area (Å²) in [5.41, 5.74) is 1.09. The molecule has 3 aromatic carbocycles. The van der Waals surface area contributed by atoms with Gasteiger partial charge in [-0.2, -0.15) is 0 Å².